The summed E-state index contributed by atoms with van der Waals surface area (Å²) in [6.45, 7) is 7.54. The molecular formula is C27H29NO3S. The number of ether oxygens (including phenoxy) is 1. The molecule has 1 fully saturated rings. The molecule has 166 valence electrons. The Bertz CT molecular complexity index is 1280. The van der Waals surface area contributed by atoms with E-state index in [0.717, 1.165) is 59.1 Å². The van der Waals surface area contributed by atoms with Crippen LogP contribution >= 0.6 is 11.3 Å². The van der Waals surface area contributed by atoms with E-state index in [-0.39, 0.29) is 11.5 Å². The number of hydrogen-bond donors (Lipinski definition) is 0. The molecule has 2 aromatic carbocycles. The van der Waals surface area contributed by atoms with Gasteiger partial charge < -0.3 is 9.64 Å². The summed E-state index contributed by atoms with van der Waals surface area (Å²) in [5.74, 6) is 6.09. The highest BCUT2D eigenvalue weighted by molar-refractivity contribution is 7.24. The zero-order chi connectivity index (χ0) is 22.7. The van der Waals surface area contributed by atoms with Gasteiger partial charge in [0.25, 0.3) is 0 Å². The number of nitrogens with zero attached hydrogens (tertiary/aromatic N) is 1. The molecule has 4 rings (SSSR count). The molecular weight excluding hydrogens is 418 g/mol. The average molecular weight is 448 g/mol. The number of fused-ring (bicyclic) bond motifs is 2. The molecule has 32 heavy (non-hydrogen) atoms. The van der Waals surface area contributed by atoms with E-state index >= 15 is 0 Å². The number of carbonyl (C=O) groups is 1. The molecule has 1 saturated heterocycles. The third-order valence-electron chi connectivity index (χ3n) is 6.01. The second-order valence-corrected chi connectivity index (χ2v) is 9.38. The fourth-order valence-electron chi connectivity index (χ4n) is 4.16. The Hall–Kier alpha value is -2.84. The van der Waals surface area contributed by atoms with Crippen LogP contribution in [0.2, 0.25) is 0 Å². The lowest BCUT2D eigenvalue weighted by Gasteiger charge is -2.26. The van der Waals surface area contributed by atoms with Crippen molar-refractivity contribution in [2.75, 3.05) is 13.1 Å². The number of likely N-dealkylation sites (tertiary alicyclic amines) is 1. The van der Waals surface area contributed by atoms with E-state index in [1.807, 2.05) is 24.3 Å². The van der Waals surface area contributed by atoms with Crippen LogP contribution < -0.4 is 5.43 Å². The number of carbonyl (C=O) groups excluding carboxylic acids is 1. The summed E-state index contributed by atoms with van der Waals surface area (Å²) in [6.07, 6.45) is 4.23. The molecule has 1 atom stereocenters. The standard InChI is InChI=1S/C27H29NO3S/c1-4-19-15-21(5-2)26-23(16-19)25(29)22-17-20(11-12-24(22)32-26)10-9-18(3)31-27(30)28-13-7-6-8-14-28/h11-12,15-18H,4-8,13-14H2,1-3H3. The number of benzene rings is 2. The Balaban J connectivity index is 1.62. The van der Waals surface area contributed by atoms with Gasteiger partial charge in [-0.05, 0) is 74.4 Å². The fraction of sp³-hybridized carbons (Fsp3) is 0.407. The molecule has 0 bridgehead atoms. The largest absolute Gasteiger partial charge is 0.433 e. The minimum atomic E-state index is -0.509. The number of rotatable bonds is 3. The summed E-state index contributed by atoms with van der Waals surface area (Å²) in [5, 5.41) is 1.50. The molecule has 1 aliphatic heterocycles. The third-order valence-corrected chi connectivity index (χ3v) is 7.27. The molecule has 0 saturated carbocycles. The number of amides is 1. The molecule has 5 heteroatoms. The Labute approximate surface area is 193 Å². The first-order valence-electron chi connectivity index (χ1n) is 11.5. The van der Waals surface area contributed by atoms with Gasteiger partial charge in [0, 0.05) is 38.8 Å². The van der Waals surface area contributed by atoms with Crippen molar-refractivity contribution in [2.24, 2.45) is 0 Å². The lowest BCUT2D eigenvalue weighted by atomic mass is 10.0. The van der Waals surface area contributed by atoms with Crippen molar-refractivity contribution < 1.29 is 9.53 Å². The molecule has 0 N–H and O–H groups in total. The Kier molecular flexibility index (Phi) is 6.81. The lowest BCUT2D eigenvalue weighted by molar-refractivity contribution is 0.0826. The molecule has 1 amide bonds. The van der Waals surface area contributed by atoms with Crippen molar-refractivity contribution in [3.8, 4) is 11.8 Å². The van der Waals surface area contributed by atoms with E-state index in [4.69, 9.17) is 4.74 Å². The van der Waals surface area contributed by atoms with Gasteiger partial charge in [0.2, 0.25) is 0 Å². The van der Waals surface area contributed by atoms with Crippen LogP contribution in [-0.2, 0) is 17.6 Å². The monoisotopic (exact) mass is 447 g/mol. The number of hydrogen-bond acceptors (Lipinski definition) is 4. The Morgan fingerprint density at radius 2 is 1.88 bits per heavy atom. The summed E-state index contributed by atoms with van der Waals surface area (Å²) < 4.78 is 7.54. The first-order chi connectivity index (χ1) is 15.5. The van der Waals surface area contributed by atoms with Gasteiger partial charge >= 0.3 is 6.09 Å². The highest BCUT2D eigenvalue weighted by Crippen LogP contribution is 2.29. The second kappa shape index (κ2) is 9.75. The maximum absolute atomic E-state index is 13.3. The van der Waals surface area contributed by atoms with Crippen LogP contribution in [0, 0.1) is 11.8 Å². The third kappa shape index (κ3) is 4.66. The van der Waals surface area contributed by atoms with Gasteiger partial charge in [-0.15, -0.1) is 11.3 Å². The molecule has 2 heterocycles. The SMILES string of the molecule is CCc1cc(CC)c2sc3ccc(C#CC(C)OC(=O)N4CCCCC4)cc3c(=O)c2c1. The van der Waals surface area contributed by atoms with Gasteiger partial charge in [-0.2, -0.15) is 0 Å². The lowest BCUT2D eigenvalue weighted by Crippen LogP contribution is -2.37. The average Bonchev–Trinajstić information content (AvgIpc) is 2.83. The van der Waals surface area contributed by atoms with Gasteiger partial charge in [-0.3, -0.25) is 4.79 Å². The maximum Gasteiger partial charge on any atom is 0.410 e. The van der Waals surface area contributed by atoms with Gasteiger partial charge in [0.05, 0.1) is 0 Å². The molecule has 0 spiro atoms. The van der Waals surface area contributed by atoms with E-state index in [1.165, 1.54) is 17.5 Å². The van der Waals surface area contributed by atoms with E-state index in [9.17, 15) is 9.59 Å². The molecule has 3 aromatic rings. The molecule has 1 unspecified atom stereocenters. The zero-order valence-corrected chi connectivity index (χ0v) is 19.8. The van der Waals surface area contributed by atoms with Crippen LogP contribution in [0.25, 0.3) is 20.2 Å². The van der Waals surface area contributed by atoms with Crippen molar-refractivity contribution in [1.29, 1.82) is 0 Å². The van der Waals surface area contributed by atoms with Crippen molar-refractivity contribution in [3.05, 3.63) is 57.2 Å². The zero-order valence-electron chi connectivity index (χ0n) is 19.0. The summed E-state index contributed by atoms with van der Waals surface area (Å²) >= 11 is 1.67. The molecule has 1 aromatic heterocycles. The quantitative estimate of drug-likeness (QED) is 0.371. The minimum Gasteiger partial charge on any atom is -0.433 e. The fourth-order valence-corrected chi connectivity index (χ4v) is 5.37. The van der Waals surface area contributed by atoms with Crippen molar-refractivity contribution in [3.63, 3.8) is 0 Å². The van der Waals surface area contributed by atoms with E-state index < -0.39 is 6.10 Å². The Morgan fingerprint density at radius 3 is 2.59 bits per heavy atom. The van der Waals surface area contributed by atoms with Gasteiger partial charge in [-0.25, -0.2) is 4.79 Å². The Morgan fingerprint density at radius 1 is 1.09 bits per heavy atom. The molecule has 0 aliphatic carbocycles. The van der Waals surface area contributed by atoms with Crippen LogP contribution in [0.4, 0.5) is 4.79 Å². The van der Waals surface area contributed by atoms with Crippen LogP contribution in [0.1, 0.15) is 56.7 Å². The molecule has 4 nitrogen and oxygen atoms in total. The summed E-state index contributed by atoms with van der Waals surface area (Å²) in [4.78, 5) is 27.3. The minimum absolute atomic E-state index is 0.0620. The van der Waals surface area contributed by atoms with Gasteiger partial charge in [0.1, 0.15) is 0 Å². The molecule has 1 aliphatic rings. The predicted octanol–water partition coefficient (Wildman–Crippen LogP) is 5.90. The summed E-state index contributed by atoms with van der Waals surface area (Å²) in [6, 6.07) is 10.0. The van der Waals surface area contributed by atoms with Crippen LogP contribution in [-0.4, -0.2) is 30.2 Å². The summed E-state index contributed by atoms with van der Waals surface area (Å²) in [5.41, 5.74) is 3.24. The van der Waals surface area contributed by atoms with E-state index in [1.54, 1.807) is 23.2 Å². The molecule has 0 radical (unpaired) electrons. The first-order valence-corrected chi connectivity index (χ1v) is 12.3. The summed E-state index contributed by atoms with van der Waals surface area (Å²) in [7, 11) is 0. The van der Waals surface area contributed by atoms with Crippen molar-refractivity contribution >= 4 is 37.6 Å². The smallest absolute Gasteiger partial charge is 0.410 e. The van der Waals surface area contributed by atoms with Gasteiger partial charge in [0.15, 0.2) is 11.5 Å². The van der Waals surface area contributed by atoms with Crippen LogP contribution in [0.3, 0.4) is 0 Å². The second-order valence-electron chi connectivity index (χ2n) is 8.32. The maximum atomic E-state index is 13.3. The predicted molar refractivity (Wildman–Crippen MR) is 133 cm³/mol. The highest BCUT2D eigenvalue weighted by atomic mass is 32.1. The normalized spacial score (nSPS) is 14.8. The van der Waals surface area contributed by atoms with Crippen molar-refractivity contribution in [1.82, 2.24) is 4.90 Å². The van der Waals surface area contributed by atoms with Crippen LogP contribution in [0.5, 0.6) is 0 Å². The number of aryl methyl sites for hydroxylation is 2. The highest BCUT2D eigenvalue weighted by Gasteiger charge is 2.19. The van der Waals surface area contributed by atoms with Crippen LogP contribution in [0.15, 0.2) is 35.1 Å². The van der Waals surface area contributed by atoms with E-state index in [2.05, 4.69) is 31.8 Å². The van der Waals surface area contributed by atoms with E-state index in [0.29, 0.717) is 5.39 Å². The van der Waals surface area contributed by atoms with Crippen molar-refractivity contribution in [2.45, 2.75) is 59.0 Å². The number of piperidine rings is 1. The first kappa shape index (κ1) is 22.4. The topological polar surface area (TPSA) is 46.6 Å². The van der Waals surface area contributed by atoms with Gasteiger partial charge in [-0.1, -0.05) is 31.8 Å².